The lowest BCUT2D eigenvalue weighted by Gasteiger charge is -2.19. The smallest absolute Gasteiger partial charge is 0.337 e. The van der Waals surface area contributed by atoms with Crippen molar-refractivity contribution in [1.82, 2.24) is 4.90 Å². The van der Waals surface area contributed by atoms with Gasteiger partial charge in [-0.25, -0.2) is 9.59 Å². The fraction of sp³-hybridized carbons (Fsp3) is 0.429. The lowest BCUT2D eigenvalue weighted by molar-refractivity contribution is 0.0698. The fourth-order valence-electron chi connectivity index (χ4n) is 2.16. The maximum atomic E-state index is 12.2. The highest BCUT2D eigenvalue weighted by molar-refractivity contribution is 9.11. The number of benzene rings is 1. The van der Waals surface area contributed by atoms with Gasteiger partial charge in [-0.2, -0.15) is 0 Å². The molecule has 1 saturated carbocycles. The molecule has 1 fully saturated rings. The normalized spacial score (nSPS) is 20.0. The van der Waals surface area contributed by atoms with Gasteiger partial charge in [0.25, 0.3) is 0 Å². The van der Waals surface area contributed by atoms with Crippen molar-refractivity contribution in [3.8, 4) is 0 Å². The largest absolute Gasteiger partial charge is 0.478 e. The van der Waals surface area contributed by atoms with E-state index in [0.29, 0.717) is 27.3 Å². The van der Waals surface area contributed by atoms with Crippen molar-refractivity contribution < 1.29 is 14.7 Å². The molecule has 2 atom stereocenters. The van der Waals surface area contributed by atoms with Gasteiger partial charge in [0.1, 0.15) is 0 Å². The van der Waals surface area contributed by atoms with E-state index in [4.69, 9.17) is 0 Å². The van der Waals surface area contributed by atoms with E-state index in [1.807, 2.05) is 0 Å². The Bertz CT molecular complexity index is 592. The number of rotatable bonds is 4. The summed E-state index contributed by atoms with van der Waals surface area (Å²) >= 11 is 6.53. The van der Waals surface area contributed by atoms with Gasteiger partial charge in [-0.15, -0.1) is 0 Å². The maximum absolute atomic E-state index is 12.2. The summed E-state index contributed by atoms with van der Waals surface area (Å²) in [6, 6.07) is 2.86. The third kappa shape index (κ3) is 3.97. The van der Waals surface area contributed by atoms with Gasteiger partial charge in [0, 0.05) is 22.5 Å². The lowest BCUT2D eigenvalue weighted by Crippen LogP contribution is -2.33. The van der Waals surface area contributed by atoms with Crippen LogP contribution in [0.3, 0.4) is 0 Å². The molecule has 0 aromatic heterocycles. The highest BCUT2D eigenvalue weighted by Crippen LogP contribution is 2.38. The monoisotopic (exact) mass is 418 g/mol. The van der Waals surface area contributed by atoms with E-state index in [1.54, 1.807) is 18.0 Å². The standard InChI is InChI=1S/C14H16Br2N2O3/c1-7-3-8(7)6-18(2)14(21)17-12-10(13(19)20)4-9(15)5-11(12)16/h4-5,7-8H,3,6H2,1-2H3,(H,17,21)(H,19,20). The van der Waals surface area contributed by atoms with Crippen LogP contribution in [-0.4, -0.2) is 35.6 Å². The first-order valence-corrected chi connectivity index (χ1v) is 8.12. The van der Waals surface area contributed by atoms with Crippen molar-refractivity contribution in [3.63, 3.8) is 0 Å². The summed E-state index contributed by atoms with van der Waals surface area (Å²) in [5.41, 5.74) is 0.309. The zero-order valence-electron chi connectivity index (χ0n) is 11.7. The van der Waals surface area contributed by atoms with E-state index in [9.17, 15) is 14.7 Å². The van der Waals surface area contributed by atoms with Gasteiger partial charge in [-0.3, -0.25) is 0 Å². The Morgan fingerprint density at radius 1 is 1.43 bits per heavy atom. The van der Waals surface area contributed by atoms with Crippen molar-refractivity contribution in [2.45, 2.75) is 13.3 Å². The minimum Gasteiger partial charge on any atom is -0.478 e. The predicted octanol–water partition coefficient (Wildman–Crippen LogP) is 4.03. The first kappa shape index (κ1) is 16.3. The quantitative estimate of drug-likeness (QED) is 0.773. The Labute approximate surface area is 140 Å². The number of hydrogen-bond acceptors (Lipinski definition) is 2. The van der Waals surface area contributed by atoms with E-state index in [0.717, 1.165) is 6.42 Å². The number of nitrogens with one attached hydrogen (secondary N) is 1. The van der Waals surface area contributed by atoms with Crippen LogP contribution < -0.4 is 5.32 Å². The molecule has 0 heterocycles. The predicted molar refractivity (Wildman–Crippen MR) is 87.7 cm³/mol. The van der Waals surface area contributed by atoms with E-state index in [2.05, 4.69) is 44.1 Å². The molecule has 0 bridgehead atoms. The number of aromatic carboxylic acids is 1. The average molecular weight is 420 g/mol. The van der Waals surface area contributed by atoms with Crippen LogP contribution in [-0.2, 0) is 0 Å². The van der Waals surface area contributed by atoms with Gasteiger partial charge in [0.2, 0.25) is 0 Å². The Balaban J connectivity index is 2.14. The molecule has 0 spiro atoms. The second-order valence-electron chi connectivity index (χ2n) is 5.40. The van der Waals surface area contributed by atoms with Gasteiger partial charge in [-0.1, -0.05) is 22.9 Å². The SMILES string of the molecule is CC1CC1CN(C)C(=O)Nc1c(Br)cc(Br)cc1C(=O)O. The first-order valence-electron chi connectivity index (χ1n) is 6.54. The Kier molecular flexibility index (Phi) is 4.93. The van der Waals surface area contributed by atoms with Crippen LogP contribution in [0, 0.1) is 11.8 Å². The number of carboxylic acids is 1. The molecule has 1 aromatic rings. The van der Waals surface area contributed by atoms with Crippen LogP contribution in [0.25, 0.3) is 0 Å². The Morgan fingerprint density at radius 3 is 2.57 bits per heavy atom. The summed E-state index contributed by atoms with van der Waals surface area (Å²) in [5.74, 6) is 0.119. The molecule has 1 aromatic carbocycles. The second kappa shape index (κ2) is 6.36. The zero-order valence-corrected chi connectivity index (χ0v) is 14.9. The van der Waals surface area contributed by atoms with Crippen LogP contribution in [0.5, 0.6) is 0 Å². The maximum Gasteiger partial charge on any atom is 0.337 e. The van der Waals surface area contributed by atoms with Crippen LogP contribution in [0.15, 0.2) is 21.1 Å². The van der Waals surface area contributed by atoms with Crippen LogP contribution in [0.2, 0.25) is 0 Å². The van der Waals surface area contributed by atoms with E-state index in [1.165, 1.54) is 6.07 Å². The molecule has 1 aliphatic carbocycles. The third-order valence-electron chi connectivity index (χ3n) is 3.65. The topological polar surface area (TPSA) is 69.6 Å². The third-order valence-corrected chi connectivity index (χ3v) is 4.73. The molecule has 1 aliphatic rings. The zero-order chi connectivity index (χ0) is 15.7. The highest BCUT2D eigenvalue weighted by atomic mass is 79.9. The van der Waals surface area contributed by atoms with Gasteiger partial charge in [0.05, 0.1) is 11.3 Å². The number of carbonyl (C=O) groups excluding carboxylic acids is 1. The molecule has 7 heteroatoms. The average Bonchev–Trinajstić information content (AvgIpc) is 3.07. The summed E-state index contributed by atoms with van der Waals surface area (Å²) < 4.78 is 1.15. The summed E-state index contributed by atoms with van der Waals surface area (Å²) in [6.07, 6.45) is 1.14. The van der Waals surface area contributed by atoms with Crippen molar-refractivity contribution in [2.75, 3.05) is 18.9 Å². The molecule has 2 unspecified atom stereocenters. The lowest BCUT2D eigenvalue weighted by atomic mass is 10.2. The number of halogens is 2. The van der Waals surface area contributed by atoms with Gasteiger partial charge < -0.3 is 15.3 Å². The van der Waals surface area contributed by atoms with Crippen LogP contribution in [0.4, 0.5) is 10.5 Å². The van der Waals surface area contributed by atoms with Crippen molar-refractivity contribution >= 4 is 49.5 Å². The number of carbonyl (C=O) groups is 2. The van der Waals surface area contributed by atoms with Crippen LogP contribution >= 0.6 is 31.9 Å². The van der Waals surface area contributed by atoms with Gasteiger partial charge in [-0.05, 0) is 46.3 Å². The molecule has 0 saturated heterocycles. The summed E-state index contributed by atoms with van der Waals surface area (Å²) in [7, 11) is 1.72. The van der Waals surface area contributed by atoms with Crippen molar-refractivity contribution in [1.29, 1.82) is 0 Å². The summed E-state index contributed by atoms with van der Waals surface area (Å²) in [5, 5.41) is 11.9. The second-order valence-corrected chi connectivity index (χ2v) is 7.17. The molecule has 114 valence electrons. The molecule has 0 radical (unpaired) electrons. The van der Waals surface area contributed by atoms with Crippen molar-refractivity contribution in [2.24, 2.45) is 11.8 Å². The minimum atomic E-state index is -1.09. The number of nitrogens with zero attached hydrogens (tertiary/aromatic N) is 1. The molecule has 0 aliphatic heterocycles. The first-order chi connectivity index (χ1) is 9.79. The molecule has 21 heavy (non-hydrogen) atoms. The minimum absolute atomic E-state index is 0.0396. The number of amides is 2. The Hall–Kier alpha value is -1.08. The van der Waals surface area contributed by atoms with Crippen LogP contribution in [0.1, 0.15) is 23.7 Å². The molecular weight excluding hydrogens is 404 g/mol. The number of hydrogen-bond donors (Lipinski definition) is 2. The molecule has 2 amide bonds. The summed E-state index contributed by atoms with van der Waals surface area (Å²) in [6.45, 7) is 2.84. The number of urea groups is 1. The molecule has 5 nitrogen and oxygen atoms in total. The summed E-state index contributed by atoms with van der Waals surface area (Å²) in [4.78, 5) is 25.1. The molecule has 2 rings (SSSR count). The van der Waals surface area contributed by atoms with E-state index < -0.39 is 5.97 Å². The fourth-order valence-corrected chi connectivity index (χ4v) is 3.48. The van der Waals surface area contributed by atoms with Gasteiger partial charge >= 0.3 is 12.0 Å². The van der Waals surface area contributed by atoms with Gasteiger partial charge in [0.15, 0.2) is 0 Å². The van der Waals surface area contributed by atoms with E-state index >= 15 is 0 Å². The number of anilines is 1. The highest BCUT2D eigenvalue weighted by Gasteiger charge is 2.34. The molecular formula is C14H16Br2N2O3. The van der Waals surface area contributed by atoms with Crippen molar-refractivity contribution in [3.05, 3.63) is 26.6 Å². The Morgan fingerprint density at radius 2 is 2.05 bits per heavy atom. The van der Waals surface area contributed by atoms with E-state index in [-0.39, 0.29) is 17.3 Å². The molecule has 2 N–H and O–H groups in total. The number of carboxylic acid groups (broad SMARTS) is 1.